The van der Waals surface area contributed by atoms with E-state index in [1.165, 1.54) is 0 Å². The molecule has 0 bridgehead atoms. The van der Waals surface area contributed by atoms with Crippen molar-refractivity contribution in [3.63, 3.8) is 0 Å². The highest BCUT2D eigenvalue weighted by Gasteiger charge is 2.37. The van der Waals surface area contributed by atoms with E-state index in [4.69, 9.17) is 9.47 Å². The molecule has 2 N–H and O–H groups in total. The van der Waals surface area contributed by atoms with Crippen molar-refractivity contribution in [3.8, 4) is 5.75 Å². The lowest BCUT2D eigenvalue weighted by Crippen LogP contribution is -2.40. The van der Waals surface area contributed by atoms with E-state index < -0.39 is 5.60 Å². The van der Waals surface area contributed by atoms with Crippen LogP contribution in [-0.2, 0) is 28.0 Å². The summed E-state index contributed by atoms with van der Waals surface area (Å²) in [6.45, 7) is 4.39. The molecule has 4 rings (SSSR count). The predicted octanol–water partition coefficient (Wildman–Crippen LogP) is 5.43. The number of methoxy groups -OCH3 is 1. The topological polar surface area (TPSA) is 84.9 Å². The molecule has 188 valence electrons. The highest BCUT2D eigenvalue weighted by Crippen LogP contribution is 2.37. The van der Waals surface area contributed by atoms with E-state index in [0.29, 0.717) is 30.5 Å². The van der Waals surface area contributed by atoms with Crippen LogP contribution in [0.15, 0.2) is 72.8 Å². The number of ether oxygens (including phenoxy) is 2. The van der Waals surface area contributed by atoms with Crippen molar-refractivity contribution in [1.29, 1.82) is 0 Å². The van der Waals surface area contributed by atoms with Gasteiger partial charge in [0.15, 0.2) is 0 Å². The van der Waals surface area contributed by atoms with Crippen LogP contribution in [-0.4, -0.2) is 29.7 Å². The molecule has 1 aliphatic rings. The number of nitrogens with one attached hydrogen (secondary N) is 1. The molecule has 1 aliphatic heterocycles. The number of fused-ring (bicyclic) bond motifs is 1. The van der Waals surface area contributed by atoms with Crippen molar-refractivity contribution in [2.75, 3.05) is 12.4 Å². The Bertz CT molecular complexity index is 1220. The molecular weight excluding hydrogens is 454 g/mol. The van der Waals surface area contributed by atoms with Crippen LogP contribution in [0.3, 0.4) is 0 Å². The third-order valence-corrected chi connectivity index (χ3v) is 6.82. The highest BCUT2D eigenvalue weighted by atomic mass is 16.5. The molecule has 0 aromatic heterocycles. The zero-order valence-corrected chi connectivity index (χ0v) is 21.0. The Balaban J connectivity index is 1.51. The molecule has 3 aromatic rings. The van der Waals surface area contributed by atoms with E-state index in [1.54, 1.807) is 25.3 Å². The molecule has 0 saturated heterocycles. The SMILES string of the molecule is COc1ccc(CCC(O)(CC(=O)Nc2ccc3c(c2)COC3=O)CC(C)(C)c2ccccc2)cc1. The number of benzene rings is 3. The number of carbonyl (C=O) groups excluding carboxylic acids is 2. The number of anilines is 1. The summed E-state index contributed by atoms with van der Waals surface area (Å²) in [5, 5.41) is 14.8. The van der Waals surface area contributed by atoms with Gasteiger partial charge in [-0.1, -0.05) is 56.3 Å². The second kappa shape index (κ2) is 10.5. The number of hydrogen-bond acceptors (Lipinski definition) is 5. The van der Waals surface area contributed by atoms with Gasteiger partial charge >= 0.3 is 5.97 Å². The van der Waals surface area contributed by atoms with Crippen LogP contribution in [0.5, 0.6) is 5.75 Å². The van der Waals surface area contributed by atoms with Gasteiger partial charge in [-0.15, -0.1) is 0 Å². The van der Waals surface area contributed by atoms with Crippen molar-refractivity contribution in [3.05, 3.63) is 95.1 Å². The van der Waals surface area contributed by atoms with E-state index in [2.05, 4.69) is 31.3 Å². The molecule has 36 heavy (non-hydrogen) atoms. The molecule has 0 fully saturated rings. The van der Waals surface area contributed by atoms with Crippen molar-refractivity contribution >= 4 is 17.6 Å². The van der Waals surface area contributed by atoms with Gasteiger partial charge in [-0.3, -0.25) is 4.79 Å². The first-order chi connectivity index (χ1) is 17.2. The van der Waals surface area contributed by atoms with Gasteiger partial charge in [-0.25, -0.2) is 4.79 Å². The maximum absolute atomic E-state index is 13.1. The second-order valence-corrected chi connectivity index (χ2v) is 10.2. The average molecular weight is 488 g/mol. The highest BCUT2D eigenvalue weighted by molar-refractivity contribution is 5.96. The van der Waals surface area contributed by atoms with Gasteiger partial charge in [0.05, 0.1) is 24.7 Å². The zero-order chi connectivity index (χ0) is 25.8. The number of amides is 1. The minimum atomic E-state index is -1.24. The Morgan fingerprint density at radius 2 is 1.78 bits per heavy atom. The summed E-state index contributed by atoms with van der Waals surface area (Å²) in [7, 11) is 1.63. The van der Waals surface area contributed by atoms with Gasteiger partial charge in [0.2, 0.25) is 5.91 Å². The van der Waals surface area contributed by atoms with Gasteiger partial charge < -0.3 is 19.9 Å². The summed E-state index contributed by atoms with van der Waals surface area (Å²) in [4.78, 5) is 24.8. The van der Waals surface area contributed by atoms with Gasteiger partial charge in [-0.2, -0.15) is 0 Å². The summed E-state index contributed by atoms with van der Waals surface area (Å²) in [5.74, 6) is 0.153. The summed E-state index contributed by atoms with van der Waals surface area (Å²) < 4.78 is 10.3. The summed E-state index contributed by atoms with van der Waals surface area (Å²) >= 11 is 0. The monoisotopic (exact) mass is 487 g/mol. The molecule has 6 nitrogen and oxygen atoms in total. The number of cyclic esters (lactones) is 1. The molecule has 1 unspecified atom stereocenters. The molecule has 0 radical (unpaired) electrons. The molecular formula is C30H33NO5. The molecule has 3 aromatic carbocycles. The quantitative estimate of drug-likeness (QED) is 0.373. The van der Waals surface area contributed by atoms with Crippen molar-refractivity contribution in [1.82, 2.24) is 0 Å². The van der Waals surface area contributed by atoms with E-state index in [0.717, 1.165) is 22.4 Å². The number of aliphatic hydroxyl groups is 1. The van der Waals surface area contributed by atoms with Crippen molar-refractivity contribution < 1.29 is 24.2 Å². The lowest BCUT2D eigenvalue weighted by atomic mass is 9.72. The Labute approximate surface area is 212 Å². The lowest BCUT2D eigenvalue weighted by Gasteiger charge is -2.37. The van der Waals surface area contributed by atoms with Crippen LogP contribution < -0.4 is 10.1 Å². The predicted molar refractivity (Wildman–Crippen MR) is 139 cm³/mol. The van der Waals surface area contributed by atoms with Gasteiger partial charge in [0.25, 0.3) is 0 Å². The maximum atomic E-state index is 13.1. The third-order valence-electron chi connectivity index (χ3n) is 6.82. The molecule has 0 saturated carbocycles. The van der Waals surface area contributed by atoms with Crippen LogP contribution in [0, 0.1) is 0 Å². The molecule has 0 spiro atoms. The fourth-order valence-electron chi connectivity index (χ4n) is 4.94. The molecule has 0 aliphatic carbocycles. The van der Waals surface area contributed by atoms with E-state index in [-0.39, 0.29) is 30.3 Å². The summed E-state index contributed by atoms with van der Waals surface area (Å²) in [6, 6.07) is 22.9. The van der Waals surface area contributed by atoms with Crippen LogP contribution in [0.2, 0.25) is 0 Å². The molecule has 6 heteroatoms. The summed E-state index contributed by atoms with van der Waals surface area (Å²) in [6.07, 6.45) is 1.42. The first kappa shape index (κ1) is 25.5. The summed E-state index contributed by atoms with van der Waals surface area (Å²) in [5.41, 5.74) is 2.44. The van der Waals surface area contributed by atoms with Crippen molar-refractivity contribution in [2.24, 2.45) is 0 Å². The molecule has 1 amide bonds. The maximum Gasteiger partial charge on any atom is 0.338 e. The Hall–Kier alpha value is -3.64. The lowest BCUT2D eigenvalue weighted by molar-refractivity contribution is -0.122. The first-order valence-electron chi connectivity index (χ1n) is 12.2. The molecule has 1 atom stereocenters. The normalized spacial score (nSPS) is 14.5. The average Bonchev–Trinajstić information content (AvgIpc) is 3.23. The Morgan fingerprint density at radius 3 is 2.47 bits per heavy atom. The van der Waals surface area contributed by atoms with Gasteiger partial charge in [-0.05, 0) is 66.1 Å². The van der Waals surface area contributed by atoms with Crippen LogP contribution in [0.25, 0.3) is 0 Å². The third kappa shape index (κ3) is 6.13. The fourth-order valence-corrected chi connectivity index (χ4v) is 4.94. The smallest absolute Gasteiger partial charge is 0.338 e. The fraction of sp³-hybridized carbons (Fsp3) is 0.333. The molecule has 1 heterocycles. The number of carbonyl (C=O) groups is 2. The van der Waals surface area contributed by atoms with Crippen LogP contribution >= 0.6 is 0 Å². The Kier molecular flexibility index (Phi) is 7.45. The largest absolute Gasteiger partial charge is 0.497 e. The van der Waals surface area contributed by atoms with E-state index in [9.17, 15) is 14.7 Å². The van der Waals surface area contributed by atoms with Crippen LogP contribution in [0.1, 0.15) is 60.2 Å². The van der Waals surface area contributed by atoms with E-state index in [1.807, 2.05) is 42.5 Å². The van der Waals surface area contributed by atoms with Gasteiger partial charge in [0, 0.05) is 11.3 Å². The van der Waals surface area contributed by atoms with E-state index >= 15 is 0 Å². The van der Waals surface area contributed by atoms with Crippen molar-refractivity contribution in [2.45, 2.75) is 57.2 Å². The number of rotatable bonds is 10. The minimum Gasteiger partial charge on any atom is -0.497 e. The number of hydrogen-bond donors (Lipinski definition) is 2. The number of esters is 1. The second-order valence-electron chi connectivity index (χ2n) is 10.2. The Morgan fingerprint density at radius 1 is 1.06 bits per heavy atom. The number of aryl methyl sites for hydroxylation is 1. The first-order valence-corrected chi connectivity index (χ1v) is 12.2. The standard InChI is InChI=1S/C30H33NO5/c1-29(2,23-7-5-4-6-8-23)20-30(34,16-15-21-9-12-25(35-3)13-10-21)18-27(32)31-24-11-14-26-22(17-24)19-36-28(26)33/h4-14,17,34H,15-16,18-20H2,1-3H3,(H,31,32). The zero-order valence-electron chi connectivity index (χ0n) is 21.0. The minimum absolute atomic E-state index is 0.0497. The van der Waals surface area contributed by atoms with Gasteiger partial charge in [0.1, 0.15) is 12.4 Å². The van der Waals surface area contributed by atoms with Crippen LogP contribution in [0.4, 0.5) is 5.69 Å².